The van der Waals surface area contributed by atoms with Crippen LogP contribution in [0.25, 0.3) is 0 Å². The Morgan fingerprint density at radius 2 is 1.44 bits per heavy atom. The summed E-state index contributed by atoms with van der Waals surface area (Å²) < 4.78 is 0. The number of carbonyl (C=O) groups is 1. The topological polar surface area (TPSA) is 49.3 Å². The summed E-state index contributed by atoms with van der Waals surface area (Å²) in [6.45, 7) is 5.79. The van der Waals surface area contributed by atoms with Gasteiger partial charge in [0.15, 0.2) is 0 Å². The first-order valence-electron chi connectivity index (χ1n) is 9.27. The van der Waals surface area contributed by atoms with Crippen molar-refractivity contribution in [3.8, 4) is 0 Å². The molecule has 0 unspecified atom stereocenters. The van der Waals surface area contributed by atoms with Crippen LogP contribution in [0.5, 0.6) is 0 Å². The number of rotatable bonds is 13. The second-order valence-electron chi connectivity index (χ2n) is 6.63. The molecule has 0 bridgehead atoms. The minimum absolute atomic E-state index is 0.168. The fraction of sp³-hybridized carbons (Fsp3) is 0.500. The van der Waals surface area contributed by atoms with Crippen molar-refractivity contribution in [3.63, 3.8) is 0 Å². The molecule has 0 saturated heterocycles. The summed E-state index contributed by atoms with van der Waals surface area (Å²) in [5.74, 6) is -0.168. The number of nitrogens with one attached hydrogen (secondary N) is 1. The zero-order chi connectivity index (χ0) is 18.8. The van der Waals surface area contributed by atoms with E-state index in [-0.39, 0.29) is 12.5 Å². The minimum atomic E-state index is -0.877. The van der Waals surface area contributed by atoms with Gasteiger partial charge in [-0.3, -0.25) is 4.79 Å². The molecule has 2 N–H and O–H groups in total. The summed E-state index contributed by atoms with van der Waals surface area (Å²) in [4.78, 5) is 11.5. The molecule has 0 radical (unpaired) electrons. The number of unbranched alkanes of at least 4 members (excludes halogenated alkanes) is 4. The van der Waals surface area contributed by atoms with Crippen molar-refractivity contribution in [2.45, 2.75) is 64.9 Å². The van der Waals surface area contributed by atoms with Crippen molar-refractivity contribution in [2.75, 3.05) is 6.54 Å². The average Bonchev–Trinajstić information content (AvgIpc) is 2.56. The Morgan fingerprint density at radius 3 is 2.04 bits per heavy atom. The maximum atomic E-state index is 11.5. The van der Waals surface area contributed by atoms with Gasteiger partial charge in [0, 0.05) is 6.54 Å². The van der Waals surface area contributed by atoms with Gasteiger partial charge in [-0.15, -0.1) is 0 Å². The number of aliphatic hydroxyl groups is 1. The van der Waals surface area contributed by atoms with Gasteiger partial charge in [-0.25, -0.2) is 0 Å². The van der Waals surface area contributed by atoms with Gasteiger partial charge < -0.3 is 10.4 Å². The molecule has 1 amide bonds. The van der Waals surface area contributed by atoms with Crippen LogP contribution in [0.15, 0.2) is 60.8 Å². The Bertz CT molecular complexity index is 477. The van der Waals surface area contributed by atoms with Gasteiger partial charge in [-0.05, 0) is 45.6 Å². The third kappa shape index (κ3) is 20.1. The maximum Gasteiger partial charge on any atom is 0.243 e. The monoisotopic (exact) mass is 345 g/mol. The Morgan fingerprint density at radius 1 is 0.880 bits per heavy atom. The second-order valence-corrected chi connectivity index (χ2v) is 6.63. The molecule has 0 aliphatic rings. The van der Waals surface area contributed by atoms with E-state index in [1.54, 1.807) is 13.8 Å². The number of carbonyl (C=O) groups excluding carboxylic acids is 1. The molecule has 0 aromatic rings. The summed E-state index contributed by atoms with van der Waals surface area (Å²) in [7, 11) is 0. The van der Waals surface area contributed by atoms with Crippen LogP contribution in [0.1, 0.15) is 59.3 Å². The van der Waals surface area contributed by atoms with E-state index < -0.39 is 5.60 Å². The van der Waals surface area contributed by atoms with Gasteiger partial charge >= 0.3 is 0 Å². The summed E-state index contributed by atoms with van der Waals surface area (Å²) in [6.07, 6.45) is 26.5. The summed E-state index contributed by atoms with van der Waals surface area (Å²) in [5.41, 5.74) is -0.877. The highest BCUT2D eigenvalue weighted by molar-refractivity contribution is 5.87. The predicted octanol–water partition coefficient (Wildman–Crippen LogP) is 5.02. The molecule has 0 aliphatic heterocycles. The van der Waals surface area contributed by atoms with E-state index in [1.165, 1.54) is 25.3 Å². The van der Waals surface area contributed by atoms with E-state index in [4.69, 9.17) is 0 Å². The van der Waals surface area contributed by atoms with Crippen LogP contribution in [0.4, 0.5) is 0 Å². The lowest BCUT2D eigenvalue weighted by Gasteiger charge is -2.16. The fourth-order valence-electron chi connectivity index (χ4n) is 1.86. The molecule has 0 atom stereocenters. The molecular weight excluding hydrogens is 310 g/mol. The SMILES string of the molecule is CCCCCC=CC=CC=CC=CCCC=CC(=O)NCC(C)(C)O. The third-order valence-electron chi connectivity index (χ3n) is 3.27. The van der Waals surface area contributed by atoms with Crippen molar-refractivity contribution in [2.24, 2.45) is 0 Å². The Balaban J connectivity index is 3.71. The van der Waals surface area contributed by atoms with Crippen molar-refractivity contribution >= 4 is 5.91 Å². The molecule has 0 heterocycles. The quantitative estimate of drug-likeness (QED) is 0.280. The molecule has 3 heteroatoms. The molecule has 0 aromatic carbocycles. The maximum absolute atomic E-state index is 11.5. The van der Waals surface area contributed by atoms with Crippen LogP contribution in [0.3, 0.4) is 0 Å². The highest BCUT2D eigenvalue weighted by Crippen LogP contribution is 2.00. The molecule has 0 spiro atoms. The van der Waals surface area contributed by atoms with Crippen LogP contribution in [-0.2, 0) is 4.79 Å². The van der Waals surface area contributed by atoms with Crippen LogP contribution < -0.4 is 5.32 Å². The summed E-state index contributed by atoms with van der Waals surface area (Å²) >= 11 is 0. The van der Waals surface area contributed by atoms with E-state index >= 15 is 0 Å². The molecule has 3 nitrogen and oxygen atoms in total. The van der Waals surface area contributed by atoms with Crippen LogP contribution in [-0.4, -0.2) is 23.2 Å². The Kier molecular flexibility index (Phi) is 14.5. The van der Waals surface area contributed by atoms with Crippen molar-refractivity contribution in [3.05, 3.63) is 60.8 Å². The number of hydrogen-bond acceptors (Lipinski definition) is 2. The van der Waals surface area contributed by atoms with E-state index in [9.17, 15) is 9.90 Å². The molecular formula is C22H35NO2. The van der Waals surface area contributed by atoms with Crippen molar-refractivity contribution in [1.82, 2.24) is 5.32 Å². The van der Waals surface area contributed by atoms with Crippen LogP contribution in [0.2, 0.25) is 0 Å². The van der Waals surface area contributed by atoms with Crippen LogP contribution in [0, 0.1) is 0 Å². The number of hydrogen-bond donors (Lipinski definition) is 2. The van der Waals surface area contributed by atoms with Gasteiger partial charge in [0.2, 0.25) is 5.91 Å². The fourth-order valence-corrected chi connectivity index (χ4v) is 1.86. The largest absolute Gasteiger partial charge is 0.389 e. The lowest BCUT2D eigenvalue weighted by atomic mass is 10.1. The molecule has 0 aromatic heterocycles. The third-order valence-corrected chi connectivity index (χ3v) is 3.27. The average molecular weight is 346 g/mol. The lowest BCUT2D eigenvalue weighted by molar-refractivity contribution is -0.117. The van der Waals surface area contributed by atoms with E-state index in [0.717, 1.165) is 19.3 Å². The minimum Gasteiger partial charge on any atom is -0.389 e. The van der Waals surface area contributed by atoms with Crippen LogP contribution >= 0.6 is 0 Å². The van der Waals surface area contributed by atoms with E-state index in [2.05, 4.69) is 30.5 Å². The first-order valence-corrected chi connectivity index (χ1v) is 9.27. The molecule has 0 saturated carbocycles. The normalized spacial score (nSPS) is 13.3. The zero-order valence-corrected chi connectivity index (χ0v) is 16.1. The Hall–Kier alpha value is -1.87. The zero-order valence-electron chi connectivity index (χ0n) is 16.1. The highest BCUT2D eigenvalue weighted by atomic mass is 16.3. The number of amides is 1. The van der Waals surface area contributed by atoms with Crippen molar-refractivity contribution < 1.29 is 9.90 Å². The predicted molar refractivity (Wildman–Crippen MR) is 108 cm³/mol. The molecule has 140 valence electrons. The first-order chi connectivity index (χ1) is 12.0. The molecule has 0 fully saturated rings. The van der Waals surface area contributed by atoms with Crippen molar-refractivity contribution in [1.29, 1.82) is 0 Å². The van der Waals surface area contributed by atoms with E-state index in [0.29, 0.717) is 0 Å². The van der Waals surface area contributed by atoms with Gasteiger partial charge in [-0.2, -0.15) is 0 Å². The molecule has 0 rings (SSSR count). The Labute approximate surface area is 153 Å². The summed E-state index contributed by atoms with van der Waals surface area (Å²) in [5, 5.41) is 12.2. The van der Waals surface area contributed by atoms with Gasteiger partial charge in [0.25, 0.3) is 0 Å². The van der Waals surface area contributed by atoms with E-state index in [1.807, 2.05) is 36.5 Å². The number of allylic oxidation sites excluding steroid dienone is 9. The second kappa shape index (κ2) is 15.6. The standard InChI is InChI=1S/C22H35NO2/c1-4-5-6-7-8-9-10-11-12-13-14-15-16-17-18-19-21(24)23-20-22(2,3)25/h8-15,18-19,25H,4-7,16-17,20H2,1-3H3,(H,23,24). The molecule has 0 aliphatic carbocycles. The van der Waals surface area contributed by atoms with Gasteiger partial charge in [0.1, 0.15) is 0 Å². The first kappa shape index (κ1) is 23.1. The molecule has 25 heavy (non-hydrogen) atoms. The lowest BCUT2D eigenvalue weighted by Crippen LogP contribution is -2.37. The highest BCUT2D eigenvalue weighted by Gasteiger charge is 2.12. The van der Waals surface area contributed by atoms with Gasteiger partial charge in [-0.1, -0.05) is 74.4 Å². The summed E-state index contributed by atoms with van der Waals surface area (Å²) in [6, 6.07) is 0. The van der Waals surface area contributed by atoms with Gasteiger partial charge in [0.05, 0.1) is 5.60 Å². The smallest absolute Gasteiger partial charge is 0.243 e.